The van der Waals surface area contributed by atoms with E-state index < -0.39 is 29.4 Å². The number of aromatic nitrogens is 3. The van der Waals surface area contributed by atoms with E-state index in [4.69, 9.17) is 15.0 Å². The number of nitrogens with one attached hydrogen (secondary N) is 1. The maximum atomic E-state index is 14.2. The number of carbonyl (C=O) groups is 1. The van der Waals surface area contributed by atoms with Gasteiger partial charge in [-0.05, 0) is 42.8 Å². The Kier molecular flexibility index (Phi) is 7.20. The highest BCUT2D eigenvalue weighted by molar-refractivity contribution is 5.82. The molecule has 2 aromatic carbocycles. The number of carbonyl (C=O) groups excluding carboxylic acids is 1. The molecule has 2 aromatic heterocycles. The summed E-state index contributed by atoms with van der Waals surface area (Å²) >= 11 is 0. The summed E-state index contributed by atoms with van der Waals surface area (Å²) in [7, 11) is 0. The summed E-state index contributed by atoms with van der Waals surface area (Å²) in [5.41, 5.74) is 8.21. The first-order valence-electron chi connectivity index (χ1n) is 12.3. The Bertz CT molecular complexity index is 1560. The second-order valence-electron chi connectivity index (χ2n) is 9.00. The lowest BCUT2D eigenvalue weighted by atomic mass is 10.0. The zero-order chi connectivity index (χ0) is 28.4. The van der Waals surface area contributed by atoms with Crippen LogP contribution in [0.2, 0.25) is 0 Å². The van der Waals surface area contributed by atoms with Crippen molar-refractivity contribution in [2.45, 2.75) is 32.0 Å². The van der Waals surface area contributed by atoms with Crippen LogP contribution in [-0.2, 0) is 17.5 Å². The summed E-state index contributed by atoms with van der Waals surface area (Å²) in [6.45, 7) is 2.08. The van der Waals surface area contributed by atoms with Gasteiger partial charge in [-0.25, -0.2) is 9.37 Å². The number of benzene rings is 2. The minimum Gasteiger partial charge on any atom is -0.494 e. The lowest BCUT2D eigenvalue weighted by molar-refractivity contribution is -0.137. The third kappa shape index (κ3) is 5.35. The average molecular weight is 557 g/mol. The Balaban J connectivity index is 1.40. The molecule has 0 bridgehead atoms. The van der Waals surface area contributed by atoms with Gasteiger partial charge in [-0.15, -0.1) is 0 Å². The van der Waals surface area contributed by atoms with Crippen molar-refractivity contribution in [2.24, 2.45) is 5.73 Å². The fourth-order valence-electron chi connectivity index (χ4n) is 4.27. The number of fused-ring (bicyclic) bond motifs is 1. The van der Waals surface area contributed by atoms with Gasteiger partial charge in [0.2, 0.25) is 5.91 Å². The molecule has 40 heavy (non-hydrogen) atoms. The van der Waals surface area contributed by atoms with Crippen LogP contribution >= 0.6 is 0 Å². The molecule has 0 spiro atoms. The number of primary amides is 1. The fourth-order valence-corrected chi connectivity index (χ4v) is 4.27. The number of rotatable bonds is 9. The first-order valence-corrected chi connectivity index (χ1v) is 12.3. The van der Waals surface area contributed by atoms with Crippen molar-refractivity contribution in [3.8, 4) is 17.0 Å². The van der Waals surface area contributed by atoms with E-state index in [1.54, 1.807) is 35.0 Å². The van der Waals surface area contributed by atoms with Gasteiger partial charge in [0.25, 0.3) is 0 Å². The van der Waals surface area contributed by atoms with Crippen LogP contribution in [0.3, 0.4) is 0 Å². The van der Waals surface area contributed by atoms with Crippen molar-refractivity contribution in [3.05, 3.63) is 83.9 Å². The van der Waals surface area contributed by atoms with Gasteiger partial charge in [-0.1, -0.05) is 24.2 Å². The van der Waals surface area contributed by atoms with Crippen LogP contribution in [0.4, 0.5) is 29.1 Å². The van der Waals surface area contributed by atoms with Crippen LogP contribution in [0.15, 0.2) is 65.6 Å². The number of nitrogens with zero attached hydrogens (tertiary/aromatic N) is 4. The number of ether oxygens (including phenoxy) is 1. The van der Waals surface area contributed by atoms with Crippen molar-refractivity contribution < 1.29 is 31.6 Å². The summed E-state index contributed by atoms with van der Waals surface area (Å²) in [5, 5.41) is 5.27. The van der Waals surface area contributed by atoms with E-state index in [1.165, 1.54) is 35.6 Å². The molecule has 4 aromatic rings. The number of hydrogen-bond acceptors (Lipinski definition) is 7. The molecule has 208 valence electrons. The molecule has 3 N–H and O–H groups in total. The SMILES string of the molecule is CCCOc1ccc(-c2cc(C(Cn3cnc4c3C=CN(c3ccccc3F)N4)C(N)=O)on2)c(C(F)(F)F)c1. The van der Waals surface area contributed by atoms with E-state index >= 15 is 0 Å². The number of imidazole rings is 1. The van der Waals surface area contributed by atoms with E-state index in [0.29, 0.717) is 17.9 Å². The highest BCUT2D eigenvalue weighted by Gasteiger charge is 2.36. The molecule has 1 amide bonds. The lowest BCUT2D eigenvalue weighted by Crippen LogP contribution is -2.28. The first kappa shape index (κ1) is 26.8. The van der Waals surface area contributed by atoms with Crippen molar-refractivity contribution in [1.82, 2.24) is 14.7 Å². The molecule has 1 unspecified atom stereocenters. The van der Waals surface area contributed by atoms with Gasteiger partial charge in [0.15, 0.2) is 11.6 Å². The fraction of sp³-hybridized carbons (Fsp3) is 0.222. The number of nitrogens with two attached hydrogens (primary N) is 1. The summed E-state index contributed by atoms with van der Waals surface area (Å²) in [6.07, 6.45) is 0.677. The molecule has 0 saturated heterocycles. The van der Waals surface area contributed by atoms with Crippen molar-refractivity contribution in [3.63, 3.8) is 0 Å². The van der Waals surface area contributed by atoms with Gasteiger partial charge in [0.1, 0.15) is 23.2 Å². The Morgan fingerprint density at radius 3 is 2.73 bits per heavy atom. The number of anilines is 2. The number of alkyl halides is 3. The van der Waals surface area contributed by atoms with Crippen molar-refractivity contribution >= 4 is 23.5 Å². The second-order valence-corrected chi connectivity index (χ2v) is 9.00. The summed E-state index contributed by atoms with van der Waals surface area (Å²) in [6, 6.07) is 11.0. The molecule has 3 heterocycles. The number of para-hydroxylation sites is 1. The molecule has 0 fully saturated rings. The Morgan fingerprint density at radius 2 is 2.00 bits per heavy atom. The highest BCUT2D eigenvalue weighted by atomic mass is 19.4. The maximum Gasteiger partial charge on any atom is 0.417 e. The van der Waals surface area contributed by atoms with Crippen LogP contribution in [0, 0.1) is 5.82 Å². The third-order valence-electron chi connectivity index (χ3n) is 6.24. The van der Waals surface area contributed by atoms with Crippen LogP contribution in [-0.4, -0.2) is 27.2 Å². The Morgan fingerprint density at radius 1 is 1.20 bits per heavy atom. The quantitative estimate of drug-likeness (QED) is 0.259. The molecular formula is C27H24F4N6O3. The topological polar surface area (TPSA) is 111 Å². The molecule has 1 aliphatic heterocycles. The average Bonchev–Trinajstić information content (AvgIpc) is 3.57. The molecule has 5 rings (SSSR count). The minimum absolute atomic E-state index is 0.00915. The highest BCUT2D eigenvalue weighted by Crippen LogP contribution is 2.39. The van der Waals surface area contributed by atoms with E-state index in [9.17, 15) is 22.4 Å². The van der Waals surface area contributed by atoms with Gasteiger partial charge >= 0.3 is 6.18 Å². The van der Waals surface area contributed by atoms with Gasteiger partial charge < -0.3 is 19.6 Å². The molecule has 1 atom stereocenters. The normalized spacial score (nSPS) is 13.6. The van der Waals surface area contributed by atoms with Crippen molar-refractivity contribution in [2.75, 3.05) is 17.0 Å². The summed E-state index contributed by atoms with van der Waals surface area (Å²) in [5.74, 6) is -1.81. The Labute approximate surface area is 225 Å². The Hall–Kier alpha value is -4.81. The predicted octanol–water partition coefficient (Wildman–Crippen LogP) is 5.57. The number of hydrazine groups is 1. The minimum atomic E-state index is -4.69. The smallest absolute Gasteiger partial charge is 0.417 e. The molecular weight excluding hydrogens is 532 g/mol. The maximum absolute atomic E-state index is 14.2. The standard InChI is InChI=1S/C27H24F4N6O3/c1-2-11-39-16-7-8-17(19(12-16)27(29,30)31)21-13-24(40-35-21)18(25(32)38)14-36-15-33-26-23(36)9-10-37(34-26)22-6-4-3-5-20(22)28/h3-10,12-13,15,18,34H,2,11,14H2,1H3,(H2,32,38). The molecule has 0 radical (unpaired) electrons. The number of halogens is 4. The van der Waals surface area contributed by atoms with Gasteiger partial charge in [0.05, 0.1) is 29.9 Å². The van der Waals surface area contributed by atoms with Crippen LogP contribution < -0.4 is 20.9 Å². The first-order chi connectivity index (χ1) is 19.2. The van der Waals surface area contributed by atoms with E-state index in [2.05, 4.69) is 15.6 Å². The van der Waals surface area contributed by atoms with Gasteiger partial charge in [-0.3, -0.25) is 15.2 Å². The third-order valence-corrected chi connectivity index (χ3v) is 6.24. The van der Waals surface area contributed by atoms with Crippen LogP contribution in [0.25, 0.3) is 17.3 Å². The van der Waals surface area contributed by atoms with Crippen LogP contribution in [0.1, 0.15) is 36.3 Å². The molecule has 9 nitrogen and oxygen atoms in total. The molecule has 0 saturated carbocycles. The zero-order valence-electron chi connectivity index (χ0n) is 21.2. The van der Waals surface area contributed by atoms with E-state index in [0.717, 1.165) is 6.07 Å². The van der Waals surface area contributed by atoms with E-state index in [1.807, 2.05) is 6.92 Å². The van der Waals surface area contributed by atoms with Gasteiger partial charge in [0, 0.05) is 24.4 Å². The zero-order valence-corrected chi connectivity index (χ0v) is 21.2. The second kappa shape index (κ2) is 10.8. The molecule has 1 aliphatic rings. The molecule has 0 aliphatic carbocycles. The summed E-state index contributed by atoms with van der Waals surface area (Å²) in [4.78, 5) is 16.7. The monoisotopic (exact) mass is 556 g/mol. The predicted molar refractivity (Wildman–Crippen MR) is 138 cm³/mol. The molecule has 13 heteroatoms. The summed E-state index contributed by atoms with van der Waals surface area (Å²) < 4.78 is 68.1. The van der Waals surface area contributed by atoms with Crippen LogP contribution in [0.5, 0.6) is 5.75 Å². The lowest BCUT2D eigenvalue weighted by Gasteiger charge is -2.25. The number of hydrogen-bond donors (Lipinski definition) is 2. The largest absolute Gasteiger partial charge is 0.494 e. The number of amides is 1. The van der Waals surface area contributed by atoms with E-state index in [-0.39, 0.29) is 41.6 Å². The van der Waals surface area contributed by atoms with Crippen molar-refractivity contribution in [1.29, 1.82) is 0 Å². The van der Waals surface area contributed by atoms with Gasteiger partial charge in [-0.2, -0.15) is 13.2 Å².